The van der Waals surface area contributed by atoms with Gasteiger partial charge in [0.2, 0.25) is 0 Å². The number of hydrogen-bond acceptors (Lipinski definition) is 6. The molecule has 0 aliphatic rings. The van der Waals surface area contributed by atoms with Crippen LogP contribution in [0.2, 0.25) is 0 Å². The van der Waals surface area contributed by atoms with E-state index in [0.29, 0.717) is 0 Å². The maximum atomic E-state index is 12.3. The highest BCUT2D eigenvalue weighted by Gasteiger charge is 2.32. The minimum absolute atomic E-state index is 0.187. The molecule has 0 aromatic heterocycles. The fourth-order valence-electron chi connectivity index (χ4n) is 1.60. The van der Waals surface area contributed by atoms with E-state index < -0.39 is 25.8 Å². The summed E-state index contributed by atoms with van der Waals surface area (Å²) in [7, 11) is -4.06. The molecule has 0 amide bonds. The van der Waals surface area contributed by atoms with Gasteiger partial charge in [0, 0.05) is 0 Å². The highest BCUT2D eigenvalue weighted by Crippen LogP contribution is 2.47. The molecule has 0 bridgehead atoms. The molecule has 0 spiro atoms. The van der Waals surface area contributed by atoms with Crippen LogP contribution in [0.5, 0.6) is 0 Å². The van der Waals surface area contributed by atoms with Crippen molar-refractivity contribution in [2.24, 2.45) is 5.73 Å². The van der Waals surface area contributed by atoms with Crippen molar-refractivity contribution in [2.75, 3.05) is 6.29 Å². The van der Waals surface area contributed by atoms with Crippen molar-refractivity contribution in [1.82, 2.24) is 0 Å². The molecule has 2 aromatic carbocycles. The Morgan fingerprint density at radius 1 is 0.818 bits per heavy atom. The second kappa shape index (κ2) is 7.02. The monoisotopic (exact) mass is 319 g/mol. The molecule has 0 aliphatic heterocycles. The summed E-state index contributed by atoms with van der Waals surface area (Å²) in [5, 5.41) is 0. The van der Waals surface area contributed by atoms with E-state index in [1.807, 2.05) is 0 Å². The van der Waals surface area contributed by atoms with Crippen molar-refractivity contribution in [3.8, 4) is 0 Å². The first-order chi connectivity index (χ1) is 10.5. The molecule has 0 saturated heterocycles. The normalized spacial score (nSPS) is 10.8. The first kappa shape index (κ1) is 15.9. The summed E-state index contributed by atoms with van der Waals surface area (Å²) in [6.45, 7) is 0. The third kappa shape index (κ3) is 4.04. The van der Waals surface area contributed by atoms with Gasteiger partial charge < -0.3 is 14.8 Å². The fraction of sp³-hybridized carbons (Fsp3) is 0.0667. The largest absolute Gasteiger partial charge is 0.449 e. The Kier molecular flexibility index (Phi) is 5.09. The molecule has 2 aromatic rings. The van der Waals surface area contributed by atoms with Gasteiger partial charge in [0.25, 0.3) is 0 Å². The van der Waals surface area contributed by atoms with Crippen LogP contribution in [-0.4, -0.2) is 18.2 Å². The van der Waals surface area contributed by atoms with Crippen LogP contribution in [0.4, 0.5) is 0 Å². The second-order valence-electron chi connectivity index (χ2n) is 4.28. The molecule has 0 radical (unpaired) electrons. The van der Waals surface area contributed by atoms with E-state index >= 15 is 0 Å². The number of carbonyl (C=O) groups excluding carboxylic acids is 2. The molecule has 0 aliphatic carbocycles. The SMILES string of the molecule is NCP(=O)(OC(=O)c1ccccc1)OC(=O)c1ccccc1. The molecule has 0 saturated carbocycles. The second-order valence-corrected chi connectivity index (χ2v) is 6.24. The lowest BCUT2D eigenvalue weighted by Crippen LogP contribution is -2.15. The number of benzene rings is 2. The van der Waals surface area contributed by atoms with Gasteiger partial charge in [0.1, 0.15) is 6.29 Å². The minimum atomic E-state index is -4.06. The number of nitrogens with two attached hydrogens (primary N) is 1. The Morgan fingerprint density at radius 3 is 1.50 bits per heavy atom. The summed E-state index contributed by atoms with van der Waals surface area (Å²) < 4.78 is 22.0. The van der Waals surface area contributed by atoms with Crippen molar-refractivity contribution in [1.29, 1.82) is 0 Å². The van der Waals surface area contributed by atoms with Crippen LogP contribution in [0.1, 0.15) is 20.7 Å². The van der Waals surface area contributed by atoms with Crippen LogP contribution in [0, 0.1) is 0 Å². The summed E-state index contributed by atoms with van der Waals surface area (Å²) in [6, 6.07) is 15.9. The average molecular weight is 319 g/mol. The molecule has 6 nitrogen and oxygen atoms in total. The van der Waals surface area contributed by atoms with Crippen LogP contribution in [-0.2, 0) is 13.6 Å². The number of rotatable bonds is 5. The molecule has 0 atom stereocenters. The summed E-state index contributed by atoms with van der Waals surface area (Å²) in [6.07, 6.45) is -0.593. The summed E-state index contributed by atoms with van der Waals surface area (Å²) >= 11 is 0. The van der Waals surface area contributed by atoms with Crippen molar-refractivity contribution in [3.63, 3.8) is 0 Å². The topological polar surface area (TPSA) is 95.7 Å². The van der Waals surface area contributed by atoms with Gasteiger partial charge in [-0.15, -0.1) is 0 Å². The molecule has 0 fully saturated rings. The highest BCUT2D eigenvalue weighted by atomic mass is 31.2. The van der Waals surface area contributed by atoms with Crippen molar-refractivity contribution in [2.45, 2.75) is 0 Å². The zero-order valence-electron chi connectivity index (χ0n) is 11.5. The van der Waals surface area contributed by atoms with E-state index in [2.05, 4.69) is 0 Å². The Hall–Kier alpha value is -2.43. The third-order valence-electron chi connectivity index (χ3n) is 2.69. The van der Waals surface area contributed by atoms with Gasteiger partial charge in [-0.2, -0.15) is 0 Å². The lowest BCUT2D eigenvalue weighted by molar-refractivity contribution is 0.0630. The number of carbonyl (C=O) groups is 2. The van der Waals surface area contributed by atoms with Crippen molar-refractivity contribution in [3.05, 3.63) is 71.8 Å². The average Bonchev–Trinajstić information content (AvgIpc) is 2.56. The van der Waals surface area contributed by atoms with Gasteiger partial charge in [0.15, 0.2) is 0 Å². The minimum Gasteiger partial charge on any atom is -0.378 e. The maximum absolute atomic E-state index is 12.3. The standard InChI is InChI=1S/C15H14NO5P/c16-11-22(19,20-14(17)12-7-3-1-4-8-12)21-15(18)13-9-5-2-6-10-13/h1-10H,11,16H2. The predicted octanol–water partition coefficient (Wildman–Crippen LogP) is 2.81. The highest BCUT2D eigenvalue weighted by molar-refractivity contribution is 7.54. The van der Waals surface area contributed by atoms with Gasteiger partial charge >= 0.3 is 19.5 Å². The lowest BCUT2D eigenvalue weighted by atomic mass is 10.2. The third-order valence-corrected chi connectivity index (χ3v) is 4.02. The first-order valence-corrected chi connectivity index (χ1v) is 8.14. The van der Waals surface area contributed by atoms with Gasteiger partial charge in [-0.05, 0) is 24.3 Å². The zero-order chi connectivity index (χ0) is 16.0. The van der Waals surface area contributed by atoms with Gasteiger partial charge in [-0.1, -0.05) is 36.4 Å². The Labute approximate surface area is 127 Å². The summed E-state index contributed by atoms with van der Waals surface area (Å²) in [4.78, 5) is 23.8. The van der Waals surface area contributed by atoms with E-state index in [0.717, 1.165) is 0 Å². The van der Waals surface area contributed by atoms with Gasteiger partial charge in [-0.25, -0.2) is 14.2 Å². The summed E-state index contributed by atoms with van der Waals surface area (Å²) in [5.74, 6) is -1.73. The van der Waals surface area contributed by atoms with E-state index in [9.17, 15) is 14.2 Å². The molecule has 0 unspecified atom stereocenters. The van der Waals surface area contributed by atoms with Crippen LogP contribution in [0.25, 0.3) is 0 Å². The first-order valence-electron chi connectivity index (χ1n) is 6.41. The molecule has 7 heteroatoms. The van der Waals surface area contributed by atoms with E-state index in [1.165, 1.54) is 24.3 Å². The lowest BCUT2D eigenvalue weighted by Gasteiger charge is -2.16. The molecule has 2 N–H and O–H groups in total. The zero-order valence-corrected chi connectivity index (χ0v) is 12.4. The van der Waals surface area contributed by atoms with Gasteiger partial charge in [0.05, 0.1) is 11.1 Å². The molecular weight excluding hydrogens is 305 g/mol. The van der Waals surface area contributed by atoms with Crippen LogP contribution >= 0.6 is 7.60 Å². The Morgan fingerprint density at radius 2 is 1.18 bits per heavy atom. The van der Waals surface area contributed by atoms with Crippen LogP contribution in [0.3, 0.4) is 0 Å². The van der Waals surface area contributed by atoms with Gasteiger partial charge in [-0.3, -0.25) is 0 Å². The van der Waals surface area contributed by atoms with Crippen molar-refractivity contribution >= 4 is 19.5 Å². The van der Waals surface area contributed by atoms with E-state index in [1.54, 1.807) is 36.4 Å². The Bertz CT molecular complexity index is 645. The van der Waals surface area contributed by atoms with Crippen LogP contribution < -0.4 is 5.73 Å². The smallest absolute Gasteiger partial charge is 0.378 e. The number of hydrogen-bond donors (Lipinski definition) is 1. The molecule has 0 heterocycles. The van der Waals surface area contributed by atoms with E-state index in [4.69, 9.17) is 14.8 Å². The predicted molar refractivity (Wildman–Crippen MR) is 80.4 cm³/mol. The maximum Gasteiger partial charge on any atom is 0.449 e. The van der Waals surface area contributed by atoms with Crippen molar-refractivity contribution < 1.29 is 23.2 Å². The molecular formula is C15H14NO5P. The summed E-state index contributed by atoms with van der Waals surface area (Å²) in [5.41, 5.74) is 5.72. The Balaban J connectivity index is 2.11. The fourth-order valence-corrected chi connectivity index (χ4v) is 2.50. The van der Waals surface area contributed by atoms with E-state index in [-0.39, 0.29) is 11.1 Å². The molecule has 22 heavy (non-hydrogen) atoms. The molecule has 2 rings (SSSR count). The quantitative estimate of drug-likeness (QED) is 0.851. The van der Waals surface area contributed by atoms with Crippen LogP contribution in [0.15, 0.2) is 60.7 Å². The molecule has 114 valence electrons.